The van der Waals surface area contributed by atoms with E-state index < -0.39 is 0 Å². The molecule has 0 saturated heterocycles. The van der Waals surface area contributed by atoms with Crippen LogP contribution in [0, 0.1) is 5.92 Å². The summed E-state index contributed by atoms with van der Waals surface area (Å²) in [4.78, 5) is 21.9. The largest absolute Gasteiger partial charge is 0.489 e. The summed E-state index contributed by atoms with van der Waals surface area (Å²) in [5, 5.41) is 8.90. The monoisotopic (exact) mass is 510 g/mol. The molecule has 0 bridgehead atoms. The van der Waals surface area contributed by atoms with Gasteiger partial charge in [-0.2, -0.15) is 0 Å². The van der Waals surface area contributed by atoms with Gasteiger partial charge in [-0.25, -0.2) is 9.97 Å². The van der Waals surface area contributed by atoms with E-state index in [1.807, 2.05) is 58.6 Å². The van der Waals surface area contributed by atoms with Crippen molar-refractivity contribution < 1.29 is 9.53 Å². The number of hydrogen-bond donors (Lipinski definition) is 3. The molecule has 1 unspecified atom stereocenters. The molecule has 0 radical (unpaired) electrons. The number of fused-ring (bicyclic) bond motifs is 1. The second-order valence-electron chi connectivity index (χ2n) is 9.18. The minimum atomic E-state index is -0.219. The predicted molar refractivity (Wildman–Crippen MR) is 148 cm³/mol. The Morgan fingerprint density at radius 3 is 2.73 bits per heavy atom. The Kier molecular flexibility index (Phi) is 5.97. The minimum Gasteiger partial charge on any atom is -0.489 e. The van der Waals surface area contributed by atoms with E-state index in [1.54, 1.807) is 24.3 Å². The topological polar surface area (TPSA) is 107 Å². The van der Waals surface area contributed by atoms with Gasteiger partial charge in [0.25, 0.3) is 5.91 Å². The first-order valence-corrected chi connectivity index (χ1v) is 13.0. The van der Waals surface area contributed by atoms with Crippen molar-refractivity contribution in [2.45, 2.75) is 25.9 Å². The van der Waals surface area contributed by atoms with Crippen LogP contribution in [0.4, 0.5) is 22.2 Å². The molecule has 8 nitrogen and oxygen atoms in total. The number of thiazole rings is 1. The van der Waals surface area contributed by atoms with Gasteiger partial charge >= 0.3 is 0 Å². The van der Waals surface area contributed by atoms with Gasteiger partial charge in [0.05, 0.1) is 35.6 Å². The summed E-state index contributed by atoms with van der Waals surface area (Å²) >= 11 is 1.50. The van der Waals surface area contributed by atoms with E-state index in [0.29, 0.717) is 22.9 Å². The summed E-state index contributed by atoms with van der Waals surface area (Å²) in [7, 11) is 0. The highest BCUT2D eigenvalue weighted by atomic mass is 32.1. The number of hydrogen-bond acceptors (Lipinski definition) is 7. The Bertz CT molecular complexity index is 1570. The highest BCUT2D eigenvalue weighted by Gasteiger charge is 2.29. The van der Waals surface area contributed by atoms with Gasteiger partial charge in [0.2, 0.25) is 0 Å². The van der Waals surface area contributed by atoms with Gasteiger partial charge in [-0.3, -0.25) is 9.20 Å². The molecule has 1 aliphatic carbocycles. The summed E-state index contributed by atoms with van der Waals surface area (Å²) in [6.07, 6.45) is 6.51. The molecule has 37 heavy (non-hydrogen) atoms. The van der Waals surface area contributed by atoms with Crippen molar-refractivity contribution >= 4 is 45.1 Å². The van der Waals surface area contributed by atoms with Crippen LogP contribution in [0.25, 0.3) is 17.0 Å². The molecule has 0 aliphatic heterocycles. The SMILES string of the molecule is CC(Oc1ccc2ncc(-c3csc(Nc4ccc(C(=O)Nc5ccccc5N)cc4)n3)n2c1)C1CC1. The van der Waals surface area contributed by atoms with Gasteiger partial charge in [0.15, 0.2) is 5.13 Å². The zero-order valence-corrected chi connectivity index (χ0v) is 21.0. The number of para-hydroxylation sites is 2. The average molecular weight is 511 g/mol. The molecule has 1 aliphatic rings. The summed E-state index contributed by atoms with van der Waals surface area (Å²) < 4.78 is 8.16. The average Bonchev–Trinajstić information content (AvgIpc) is 3.53. The lowest BCUT2D eigenvalue weighted by atomic mass is 10.2. The molecule has 186 valence electrons. The molecule has 1 amide bonds. The maximum Gasteiger partial charge on any atom is 0.255 e. The van der Waals surface area contributed by atoms with Crippen molar-refractivity contribution in [1.82, 2.24) is 14.4 Å². The smallest absolute Gasteiger partial charge is 0.255 e. The first-order valence-electron chi connectivity index (χ1n) is 12.2. The van der Waals surface area contributed by atoms with Crippen LogP contribution in [-0.4, -0.2) is 26.4 Å². The van der Waals surface area contributed by atoms with Crippen LogP contribution < -0.4 is 21.1 Å². The molecular weight excluding hydrogens is 484 g/mol. The van der Waals surface area contributed by atoms with Crippen molar-refractivity contribution in [2.24, 2.45) is 5.92 Å². The Morgan fingerprint density at radius 1 is 1.14 bits per heavy atom. The molecule has 2 aromatic carbocycles. The number of nitrogens with zero attached hydrogens (tertiary/aromatic N) is 3. The van der Waals surface area contributed by atoms with E-state index in [0.717, 1.165) is 33.6 Å². The molecule has 1 saturated carbocycles. The van der Waals surface area contributed by atoms with Crippen LogP contribution >= 0.6 is 11.3 Å². The maximum absolute atomic E-state index is 12.6. The fourth-order valence-corrected chi connectivity index (χ4v) is 4.90. The van der Waals surface area contributed by atoms with Crippen LogP contribution in [-0.2, 0) is 0 Å². The van der Waals surface area contributed by atoms with Gasteiger partial charge in [0.1, 0.15) is 17.1 Å². The van der Waals surface area contributed by atoms with Gasteiger partial charge in [-0.1, -0.05) is 12.1 Å². The first-order chi connectivity index (χ1) is 18.0. The zero-order chi connectivity index (χ0) is 25.4. The summed E-state index contributed by atoms with van der Waals surface area (Å²) in [5.74, 6) is 1.28. The van der Waals surface area contributed by atoms with Crippen LogP contribution in [0.2, 0.25) is 0 Å². The lowest BCUT2D eigenvalue weighted by molar-refractivity contribution is 0.102. The normalized spacial score (nSPS) is 13.9. The van der Waals surface area contributed by atoms with Crippen molar-refractivity contribution in [3.63, 3.8) is 0 Å². The number of nitrogens with two attached hydrogens (primary N) is 1. The Labute approximate surface area is 218 Å². The molecule has 9 heteroatoms. The van der Waals surface area contributed by atoms with Crippen LogP contribution in [0.15, 0.2) is 78.4 Å². The standard InChI is InChI=1S/C28H26N6O2S/c1-17(18-6-7-18)36-21-12-13-26-30-14-25(34(26)15-21)24-16-37-28(33-24)31-20-10-8-19(9-11-20)27(35)32-23-5-3-2-4-22(23)29/h2-5,8-18H,6-7,29H2,1H3,(H,31,33)(H,32,35). The number of carbonyl (C=O) groups is 1. The molecule has 1 atom stereocenters. The van der Waals surface area contributed by atoms with E-state index in [4.69, 9.17) is 15.5 Å². The van der Waals surface area contributed by atoms with E-state index in [9.17, 15) is 4.79 Å². The van der Waals surface area contributed by atoms with Crippen molar-refractivity contribution in [3.8, 4) is 17.1 Å². The molecule has 1 fully saturated rings. The number of nitrogens with one attached hydrogen (secondary N) is 2. The number of aromatic nitrogens is 3. The van der Waals surface area contributed by atoms with Crippen molar-refractivity contribution in [2.75, 3.05) is 16.4 Å². The summed E-state index contributed by atoms with van der Waals surface area (Å²) in [6.45, 7) is 2.13. The third kappa shape index (κ3) is 4.99. The number of anilines is 4. The van der Waals surface area contributed by atoms with E-state index >= 15 is 0 Å². The number of carbonyl (C=O) groups excluding carboxylic acids is 1. The third-order valence-electron chi connectivity index (χ3n) is 6.46. The number of ether oxygens (including phenoxy) is 1. The summed E-state index contributed by atoms with van der Waals surface area (Å²) in [6, 6.07) is 18.3. The van der Waals surface area contributed by atoms with E-state index in [-0.39, 0.29) is 12.0 Å². The van der Waals surface area contributed by atoms with Gasteiger partial charge in [-0.15, -0.1) is 11.3 Å². The predicted octanol–water partition coefficient (Wildman–Crippen LogP) is 6.21. The van der Waals surface area contributed by atoms with Crippen LogP contribution in [0.1, 0.15) is 30.1 Å². The fraction of sp³-hybridized carbons (Fsp3) is 0.179. The Morgan fingerprint density at radius 2 is 1.95 bits per heavy atom. The quantitative estimate of drug-likeness (QED) is 0.214. The lowest BCUT2D eigenvalue weighted by Crippen LogP contribution is -2.14. The van der Waals surface area contributed by atoms with Gasteiger partial charge in [-0.05, 0) is 74.2 Å². The highest BCUT2D eigenvalue weighted by molar-refractivity contribution is 7.14. The number of amides is 1. The van der Waals surface area contributed by atoms with Crippen molar-refractivity contribution in [3.05, 3.63) is 84.0 Å². The number of benzene rings is 2. The van der Waals surface area contributed by atoms with E-state index in [2.05, 4.69) is 22.5 Å². The van der Waals surface area contributed by atoms with Crippen LogP contribution in [0.5, 0.6) is 5.75 Å². The van der Waals surface area contributed by atoms with E-state index in [1.165, 1.54) is 24.2 Å². The fourth-order valence-electron chi connectivity index (χ4n) is 4.18. The highest BCUT2D eigenvalue weighted by Crippen LogP contribution is 2.35. The van der Waals surface area contributed by atoms with Gasteiger partial charge < -0.3 is 21.1 Å². The van der Waals surface area contributed by atoms with Crippen molar-refractivity contribution in [1.29, 1.82) is 0 Å². The lowest BCUT2D eigenvalue weighted by Gasteiger charge is -2.14. The molecule has 6 rings (SSSR count). The molecule has 5 aromatic rings. The van der Waals surface area contributed by atoms with Crippen LogP contribution in [0.3, 0.4) is 0 Å². The molecule has 0 spiro atoms. The maximum atomic E-state index is 12.6. The first kappa shape index (κ1) is 23.1. The second kappa shape index (κ2) is 9.59. The molecular formula is C28H26N6O2S. The minimum absolute atomic E-state index is 0.216. The number of imidazole rings is 1. The summed E-state index contributed by atoms with van der Waals surface area (Å²) in [5.41, 5.74) is 11.0. The third-order valence-corrected chi connectivity index (χ3v) is 7.22. The Hall–Kier alpha value is -4.37. The second-order valence-corrected chi connectivity index (χ2v) is 10.0. The zero-order valence-electron chi connectivity index (χ0n) is 20.2. The van der Waals surface area contributed by atoms with Gasteiger partial charge in [0, 0.05) is 16.6 Å². The number of pyridine rings is 1. The molecule has 3 aromatic heterocycles. The number of nitrogen functional groups attached to an aromatic ring is 1. The Balaban J connectivity index is 1.15. The number of rotatable bonds is 8. The molecule has 4 N–H and O–H groups in total. The molecule has 3 heterocycles.